The Bertz CT molecular complexity index is 1190. The Kier molecular flexibility index (Phi) is 11.1. The molecule has 0 aliphatic carbocycles. The monoisotopic (exact) mass is 526 g/mol. The molecule has 2 aromatic carbocycles. The van der Waals surface area contributed by atoms with Crippen molar-refractivity contribution in [3.05, 3.63) is 75.2 Å². The predicted molar refractivity (Wildman–Crippen MR) is 151 cm³/mol. The number of halogens is 1. The first kappa shape index (κ1) is 28.8. The van der Waals surface area contributed by atoms with Crippen LogP contribution >= 0.6 is 11.6 Å². The van der Waals surface area contributed by atoms with Crippen LogP contribution in [0, 0.1) is 0 Å². The maximum absolute atomic E-state index is 13.2. The summed E-state index contributed by atoms with van der Waals surface area (Å²) in [7, 11) is 0. The van der Waals surface area contributed by atoms with Gasteiger partial charge in [0.1, 0.15) is 0 Å². The maximum atomic E-state index is 13.2. The molecule has 200 valence electrons. The molecule has 0 atom stereocenters. The summed E-state index contributed by atoms with van der Waals surface area (Å²) in [6.45, 7) is 12.2. The van der Waals surface area contributed by atoms with Crippen molar-refractivity contribution < 1.29 is 9.90 Å². The van der Waals surface area contributed by atoms with Crippen molar-refractivity contribution in [2.75, 3.05) is 39.3 Å². The van der Waals surface area contributed by atoms with Gasteiger partial charge in [0.25, 0.3) is 5.56 Å². The SMILES string of the molecule is CCN(CC)CC.O=C(O)CCN1CCC(n2nc(Cc3ccc(Cl)cc3)c3ccccc3c2=O)CC1. The van der Waals surface area contributed by atoms with Gasteiger partial charge in [-0.25, -0.2) is 4.68 Å². The highest BCUT2D eigenvalue weighted by molar-refractivity contribution is 6.30. The van der Waals surface area contributed by atoms with Gasteiger partial charge in [0.15, 0.2) is 0 Å². The highest BCUT2D eigenvalue weighted by Crippen LogP contribution is 2.24. The van der Waals surface area contributed by atoms with Crippen molar-refractivity contribution >= 4 is 28.3 Å². The van der Waals surface area contributed by atoms with Crippen LogP contribution in [0.1, 0.15) is 57.3 Å². The van der Waals surface area contributed by atoms with E-state index < -0.39 is 5.97 Å². The molecule has 1 aliphatic heterocycles. The number of likely N-dealkylation sites (tertiary alicyclic amines) is 1. The number of carboxylic acids is 1. The fourth-order valence-corrected chi connectivity index (χ4v) is 4.89. The number of piperidine rings is 1. The van der Waals surface area contributed by atoms with Gasteiger partial charge in [0.05, 0.1) is 23.5 Å². The molecule has 4 rings (SSSR count). The van der Waals surface area contributed by atoms with E-state index >= 15 is 0 Å². The van der Waals surface area contributed by atoms with Crippen LogP contribution in [-0.2, 0) is 11.2 Å². The molecular formula is C29H39ClN4O3. The van der Waals surface area contributed by atoms with Crippen LogP contribution in [0.25, 0.3) is 10.8 Å². The van der Waals surface area contributed by atoms with Gasteiger partial charge in [-0.3, -0.25) is 9.59 Å². The molecule has 0 spiro atoms. The number of aliphatic carboxylic acids is 1. The number of aromatic nitrogens is 2. The number of hydrogen-bond donors (Lipinski definition) is 1. The molecule has 37 heavy (non-hydrogen) atoms. The molecule has 0 saturated carbocycles. The summed E-state index contributed by atoms with van der Waals surface area (Å²) in [6.07, 6.45) is 2.33. The normalized spacial score (nSPS) is 14.5. The highest BCUT2D eigenvalue weighted by Gasteiger charge is 2.24. The van der Waals surface area contributed by atoms with E-state index in [2.05, 4.69) is 30.6 Å². The predicted octanol–water partition coefficient (Wildman–Crippen LogP) is 5.10. The molecule has 0 radical (unpaired) electrons. The van der Waals surface area contributed by atoms with Gasteiger partial charge in [-0.1, -0.05) is 62.7 Å². The van der Waals surface area contributed by atoms with E-state index in [1.807, 2.05) is 48.5 Å². The zero-order chi connectivity index (χ0) is 26.8. The van der Waals surface area contributed by atoms with Gasteiger partial charge in [-0.2, -0.15) is 5.10 Å². The number of rotatable bonds is 9. The molecule has 7 nitrogen and oxygen atoms in total. The second kappa shape index (κ2) is 14.3. The van der Waals surface area contributed by atoms with Crippen LogP contribution in [-0.4, -0.2) is 69.9 Å². The van der Waals surface area contributed by atoms with E-state index in [1.165, 1.54) is 19.6 Å². The molecule has 1 saturated heterocycles. The zero-order valence-corrected chi connectivity index (χ0v) is 23.0. The molecule has 0 bridgehead atoms. The van der Waals surface area contributed by atoms with E-state index in [-0.39, 0.29) is 18.0 Å². The average Bonchev–Trinajstić information content (AvgIpc) is 2.92. The van der Waals surface area contributed by atoms with Crippen LogP contribution in [0.2, 0.25) is 5.02 Å². The Morgan fingerprint density at radius 1 is 1.00 bits per heavy atom. The van der Waals surface area contributed by atoms with Crippen molar-refractivity contribution in [1.29, 1.82) is 0 Å². The first-order valence-electron chi connectivity index (χ1n) is 13.3. The Labute approximate surface area is 224 Å². The van der Waals surface area contributed by atoms with Gasteiger partial charge in [-0.15, -0.1) is 0 Å². The van der Waals surface area contributed by atoms with Gasteiger partial charge in [-0.05, 0) is 56.2 Å². The minimum atomic E-state index is -0.781. The second-order valence-electron chi connectivity index (χ2n) is 9.38. The number of hydrogen-bond acceptors (Lipinski definition) is 5. The molecule has 1 aliphatic rings. The quantitative estimate of drug-likeness (QED) is 0.418. The second-order valence-corrected chi connectivity index (χ2v) is 9.82. The minimum absolute atomic E-state index is 0.0205. The third-order valence-corrected chi connectivity index (χ3v) is 7.33. The molecule has 0 unspecified atom stereocenters. The average molecular weight is 527 g/mol. The zero-order valence-electron chi connectivity index (χ0n) is 22.2. The first-order chi connectivity index (χ1) is 17.9. The Balaban J connectivity index is 0.000000479. The maximum Gasteiger partial charge on any atom is 0.304 e. The lowest BCUT2D eigenvalue weighted by Crippen LogP contribution is -2.39. The summed E-state index contributed by atoms with van der Waals surface area (Å²) in [5.74, 6) is -0.781. The van der Waals surface area contributed by atoms with Crippen LogP contribution in [0.3, 0.4) is 0 Å². The lowest BCUT2D eigenvalue weighted by Gasteiger charge is -2.32. The van der Waals surface area contributed by atoms with Gasteiger partial charge in [0.2, 0.25) is 0 Å². The fourth-order valence-electron chi connectivity index (χ4n) is 4.76. The third kappa shape index (κ3) is 8.12. The third-order valence-electron chi connectivity index (χ3n) is 7.08. The van der Waals surface area contributed by atoms with Crippen molar-refractivity contribution in [2.24, 2.45) is 0 Å². The van der Waals surface area contributed by atoms with Crippen molar-refractivity contribution in [3.63, 3.8) is 0 Å². The Hall–Kier alpha value is -2.74. The summed E-state index contributed by atoms with van der Waals surface area (Å²) in [5.41, 5.74) is 1.90. The lowest BCUT2D eigenvalue weighted by molar-refractivity contribution is -0.137. The Morgan fingerprint density at radius 3 is 2.14 bits per heavy atom. The van der Waals surface area contributed by atoms with Gasteiger partial charge in [0, 0.05) is 36.5 Å². The number of fused-ring (bicyclic) bond motifs is 1. The standard InChI is InChI=1S/C23H24ClN3O3.C6H15N/c24-17-7-5-16(6-8-17)15-21-19-3-1-2-4-20(19)23(30)27(25-21)18-9-12-26(13-10-18)14-11-22(28)29;1-4-7(5-2)6-3/h1-8,18H,9-15H2,(H,28,29);4-6H2,1-3H3. The smallest absolute Gasteiger partial charge is 0.304 e. The van der Waals surface area contributed by atoms with Crippen LogP contribution < -0.4 is 5.56 Å². The number of benzene rings is 2. The molecule has 1 fully saturated rings. The number of carbonyl (C=O) groups is 1. The highest BCUT2D eigenvalue weighted by atomic mass is 35.5. The van der Waals surface area contributed by atoms with E-state index in [0.29, 0.717) is 23.4 Å². The molecule has 3 aromatic rings. The van der Waals surface area contributed by atoms with Crippen molar-refractivity contribution in [2.45, 2.75) is 52.5 Å². The van der Waals surface area contributed by atoms with E-state index in [0.717, 1.165) is 42.6 Å². The molecular weight excluding hydrogens is 488 g/mol. The largest absolute Gasteiger partial charge is 0.481 e. The van der Waals surface area contributed by atoms with Crippen LogP contribution in [0.4, 0.5) is 0 Å². The lowest BCUT2D eigenvalue weighted by atomic mass is 10.0. The molecule has 0 amide bonds. The summed E-state index contributed by atoms with van der Waals surface area (Å²) in [4.78, 5) is 28.5. The molecule has 8 heteroatoms. The number of nitrogens with zero attached hydrogens (tertiary/aromatic N) is 4. The van der Waals surface area contributed by atoms with E-state index in [4.69, 9.17) is 21.8 Å². The molecule has 1 N–H and O–H groups in total. The summed E-state index contributed by atoms with van der Waals surface area (Å²) in [5, 5.41) is 15.9. The summed E-state index contributed by atoms with van der Waals surface area (Å²) >= 11 is 6.01. The molecule has 1 aromatic heterocycles. The Morgan fingerprint density at radius 2 is 1.59 bits per heavy atom. The fraction of sp³-hybridized carbons (Fsp3) is 0.483. The molecule has 2 heterocycles. The van der Waals surface area contributed by atoms with Gasteiger partial charge < -0.3 is 14.9 Å². The first-order valence-corrected chi connectivity index (χ1v) is 13.6. The van der Waals surface area contributed by atoms with E-state index in [1.54, 1.807) is 4.68 Å². The van der Waals surface area contributed by atoms with Crippen molar-refractivity contribution in [1.82, 2.24) is 19.6 Å². The van der Waals surface area contributed by atoms with Crippen molar-refractivity contribution in [3.8, 4) is 0 Å². The minimum Gasteiger partial charge on any atom is -0.481 e. The topological polar surface area (TPSA) is 78.7 Å². The van der Waals surface area contributed by atoms with Crippen LogP contribution in [0.15, 0.2) is 53.3 Å². The van der Waals surface area contributed by atoms with Gasteiger partial charge >= 0.3 is 5.97 Å². The van der Waals surface area contributed by atoms with E-state index in [9.17, 15) is 9.59 Å². The van der Waals surface area contributed by atoms with Crippen LogP contribution in [0.5, 0.6) is 0 Å². The number of carboxylic acid groups (broad SMARTS) is 1. The summed E-state index contributed by atoms with van der Waals surface area (Å²) < 4.78 is 1.65. The summed E-state index contributed by atoms with van der Waals surface area (Å²) in [6, 6.07) is 15.3.